The lowest BCUT2D eigenvalue weighted by Gasteiger charge is -2.06. The molecule has 0 fully saturated rings. The van der Waals surface area contributed by atoms with Gasteiger partial charge in [-0.2, -0.15) is 0 Å². The standard InChI is InChI=1S/C96H48/c1-7-31-73-55-61-91-79-37-13-15-39-81(79)93(82-40-16-14-38-80(82)91)63-57-75-33-9-3-27-69(75)51-52-70-28-5-11-35-77(70)59-65-95-87-45-21-23-47-89(87)96(90-48-24-22-46-88(90)95)66-60-78-36-12-6-30-72(78)54-53-71-29-4-10-34-76(71)58-64-94-85-43-19-17-41-83(85)92(84-42-18-20-44-86(84)94)62-56-74-32-8-2-26-68(74)50-49-67(73)25-1/h1-48H. The monoisotopic (exact) mass is 1200 g/mol. The average Bonchev–Trinajstić information content (AvgIpc) is 0.773. The molecule has 96 heavy (non-hydrogen) atoms. The molecule has 0 heterocycles. The lowest BCUT2D eigenvalue weighted by molar-refractivity contribution is 1.79. The largest absolute Gasteiger partial charge is 0.0616 e. The van der Waals surface area contributed by atoms with E-state index in [-0.39, 0.29) is 0 Å². The smallest absolute Gasteiger partial charge is 0.0406 e. The molecule has 0 saturated heterocycles. The molecule has 0 spiro atoms. The molecule has 0 aliphatic heterocycles. The van der Waals surface area contributed by atoms with E-state index in [1.165, 1.54) is 0 Å². The minimum atomic E-state index is 0.818. The Balaban J connectivity index is 0.959. The Morgan fingerprint density at radius 3 is 0.281 bits per heavy atom. The predicted octanol–water partition coefficient (Wildman–Crippen LogP) is 23.8. The quantitative estimate of drug-likeness (QED) is 0.133. The number of rotatable bonds is 0. The molecular weight excluding hydrogens is 1150 g/mol. The highest BCUT2D eigenvalue weighted by atomic mass is 14.1. The average molecular weight is 1200 g/mol. The van der Waals surface area contributed by atoms with E-state index in [4.69, 9.17) is 0 Å². The van der Waals surface area contributed by atoms with Gasteiger partial charge in [-0.1, -0.05) is 328 Å². The molecule has 0 radical (unpaired) electrons. The van der Waals surface area contributed by atoms with Gasteiger partial charge in [0.15, 0.2) is 0 Å². The van der Waals surface area contributed by atoms with Crippen molar-refractivity contribution in [2.45, 2.75) is 0 Å². The van der Waals surface area contributed by atoms with Crippen LogP contribution in [0.2, 0.25) is 0 Å². The van der Waals surface area contributed by atoms with E-state index in [2.05, 4.69) is 255 Å². The third-order valence-electron chi connectivity index (χ3n) is 17.3. The van der Waals surface area contributed by atoms with Gasteiger partial charge >= 0.3 is 0 Å². The first kappa shape index (κ1) is 57.1. The van der Waals surface area contributed by atoms with Gasteiger partial charge in [0, 0.05) is 97.0 Å². The molecule has 6 bridgehead atoms. The van der Waals surface area contributed by atoms with Crippen LogP contribution >= 0.6 is 0 Å². The first-order valence-electron chi connectivity index (χ1n) is 31.7. The second kappa shape index (κ2) is 25.6. The van der Waals surface area contributed by atoms with Crippen molar-refractivity contribution >= 4 is 162 Å². The molecule has 0 aliphatic carbocycles. The maximum absolute atomic E-state index is 3.65. The number of benzene rings is 15. The van der Waals surface area contributed by atoms with Crippen molar-refractivity contribution in [3.8, 4) is 0 Å². The molecule has 0 unspecified atom stereocenters. The molecule has 0 atom stereocenters. The van der Waals surface area contributed by atoms with Crippen LogP contribution in [-0.4, -0.2) is 0 Å². The van der Waals surface area contributed by atoms with Crippen LogP contribution in [0.4, 0.5) is 0 Å². The van der Waals surface area contributed by atoms with E-state index < -0.39 is 0 Å². The molecule has 0 nitrogen and oxygen atoms in total. The van der Waals surface area contributed by atoms with E-state index >= 15 is 0 Å². The van der Waals surface area contributed by atoms with E-state index in [1.54, 1.807) is 0 Å². The third kappa shape index (κ3) is 11.2. The van der Waals surface area contributed by atoms with Crippen LogP contribution < -0.4 is 0 Å². The second-order valence-electron chi connectivity index (χ2n) is 23.0. The normalized spacial score (nSPS) is 10.4. The molecule has 19 rings (SSSR count). The Morgan fingerprint density at radius 2 is 0.177 bits per heavy atom. The van der Waals surface area contributed by atoms with E-state index in [9.17, 15) is 0 Å². The first-order chi connectivity index (χ1) is 47.6. The topological polar surface area (TPSA) is 0 Å². The minimum Gasteiger partial charge on any atom is -0.0616 e. The maximum atomic E-state index is 3.65. The van der Waals surface area contributed by atoms with Crippen molar-refractivity contribution in [1.29, 1.82) is 0 Å². The third-order valence-corrected chi connectivity index (χ3v) is 17.3. The summed E-state index contributed by atoms with van der Waals surface area (Å²) in [5.41, 5.74) is 0. The maximum Gasteiger partial charge on any atom is 0.0406 e. The van der Waals surface area contributed by atoms with Crippen LogP contribution in [0.25, 0.3) is 162 Å². The molecular formula is C96H48. The van der Waals surface area contributed by atoms with Gasteiger partial charge < -0.3 is 0 Å². The van der Waals surface area contributed by atoms with Crippen LogP contribution in [0.5, 0.6) is 0 Å². The van der Waals surface area contributed by atoms with Gasteiger partial charge in [0.2, 0.25) is 0 Å². The Hall–Kier alpha value is -14.1. The summed E-state index contributed by atoms with van der Waals surface area (Å²) in [6, 6.07) is 163. The predicted molar refractivity (Wildman–Crippen MR) is 400 cm³/mol. The van der Waals surface area contributed by atoms with Crippen molar-refractivity contribution in [3.63, 3.8) is 0 Å². The fourth-order valence-corrected chi connectivity index (χ4v) is 12.6. The SMILES string of the molecule is c1c2ccccc2c#cc2c3ccccc3c(c#cc3ccccc3c#cc3ccccc3c#cc3c4ccccc4c(c#cc4ccccc4c#cc4ccccc4c#cc4c5ccccc5c(c#cc5ccccc5c#1)c1ccccc41)c1ccccc31)c1ccccc21. The van der Waals surface area contributed by atoms with Gasteiger partial charge in [-0.15, -0.1) is 0 Å². The fourth-order valence-electron chi connectivity index (χ4n) is 12.6. The summed E-state index contributed by atoms with van der Waals surface area (Å²) in [5.74, 6) is 0. The molecule has 0 saturated carbocycles. The lowest BCUT2D eigenvalue weighted by Crippen LogP contribution is -1.80. The zero-order valence-electron chi connectivity index (χ0n) is 51.7. The summed E-state index contributed by atoms with van der Waals surface area (Å²) in [5, 5.41) is 27.6. The highest BCUT2D eigenvalue weighted by Gasteiger charge is 2.10. The Kier molecular flexibility index (Phi) is 15.3. The highest BCUT2D eigenvalue weighted by Crippen LogP contribution is 2.36. The molecule has 0 aromatic heterocycles. The molecule has 19 aromatic carbocycles. The van der Waals surface area contributed by atoms with E-state index in [0.717, 1.165) is 162 Å². The van der Waals surface area contributed by atoms with Gasteiger partial charge in [0.05, 0.1) is 0 Å². The molecule has 0 amide bonds. The van der Waals surface area contributed by atoms with Gasteiger partial charge in [0.1, 0.15) is 0 Å². The van der Waals surface area contributed by atoms with E-state index in [0.29, 0.717) is 0 Å². The Bertz CT molecular complexity index is 5230. The summed E-state index contributed by atoms with van der Waals surface area (Å²) in [4.78, 5) is 0. The Morgan fingerprint density at radius 1 is 0.0938 bits per heavy atom. The number of hydrogen-bond acceptors (Lipinski definition) is 0. The van der Waals surface area contributed by atoms with Crippen molar-refractivity contribution in [2.24, 2.45) is 0 Å². The van der Waals surface area contributed by atoms with Gasteiger partial charge in [-0.3, -0.25) is 0 Å². The fraction of sp³-hybridized carbons (Fsp3) is 0. The van der Waals surface area contributed by atoms with Crippen molar-refractivity contribution in [2.75, 3.05) is 0 Å². The number of hydrogen-bond donors (Lipinski definition) is 0. The summed E-state index contributed by atoms with van der Waals surface area (Å²) in [7, 11) is 0. The van der Waals surface area contributed by atoms with Crippen LogP contribution in [0.3, 0.4) is 0 Å². The zero-order valence-corrected chi connectivity index (χ0v) is 51.7. The summed E-state index contributed by atoms with van der Waals surface area (Å²) < 4.78 is 0. The van der Waals surface area contributed by atoms with Crippen molar-refractivity contribution in [3.05, 3.63) is 400 Å². The van der Waals surface area contributed by atoms with Crippen LogP contribution in [0.1, 0.15) is 0 Å². The highest BCUT2D eigenvalue weighted by molar-refractivity contribution is 6.27. The van der Waals surface area contributed by atoms with Crippen molar-refractivity contribution < 1.29 is 0 Å². The van der Waals surface area contributed by atoms with Gasteiger partial charge in [-0.25, -0.2) is 0 Å². The molecule has 0 aliphatic rings. The van der Waals surface area contributed by atoms with E-state index in [1.807, 2.05) is 146 Å². The summed E-state index contributed by atoms with van der Waals surface area (Å²) >= 11 is 0. The molecule has 0 heteroatoms. The van der Waals surface area contributed by atoms with Gasteiger partial charge in [0.25, 0.3) is 0 Å². The van der Waals surface area contributed by atoms with Gasteiger partial charge in [-0.05, 0) is 137 Å². The van der Waals surface area contributed by atoms with Crippen molar-refractivity contribution in [1.82, 2.24) is 0 Å². The Labute approximate surface area is 558 Å². The van der Waals surface area contributed by atoms with Crippen LogP contribution in [-0.2, 0) is 0 Å². The van der Waals surface area contributed by atoms with Crippen LogP contribution in [0, 0.1) is 109 Å². The molecule has 0 N–H and O–H groups in total. The summed E-state index contributed by atoms with van der Waals surface area (Å²) in [6.07, 6.45) is 0. The first-order valence-corrected chi connectivity index (χ1v) is 31.7. The zero-order chi connectivity index (χ0) is 64.0. The lowest BCUT2D eigenvalue weighted by atomic mass is 9.96. The van der Waals surface area contributed by atoms with Crippen LogP contribution in [0.15, 0.2) is 291 Å². The molecule has 432 valence electrons. The minimum absolute atomic E-state index is 0.818. The summed E-state index contributed by atoms with van der Waals surface area (Å²) in [6.45, 7) is 0. The molecule has 19 aromatic rings. The second-order valence-corrected chi connectivity index (χ2v) is 23.0.